The van der Waals surface area contributed by atoms with Crippen molar-refractivity contribution in [3.05, 3.63) is 54.7 Å². The predicted molar refractivity (Wildman–Crippen MR) is 114 cm³/mol. The second kappa shape index (κ2) is 8.65. The molecule has 0 saturated carbocycles. The number of hydrazone groups is 1. The number of nitrogens with two attached hydrogens (primary N) is 1. The van der Waals surface area contributed by atoms with Crippen LogP contribution in [0.5, 0.6) is 5.75 Å². The minimum absolute atomic E-state index is 0.113. The average molecular weight is 549 g/mol. The van der Waals surface area contributed by atoms with Gasteiger partial charge in [-0.05, 0) is 88.9 Å². The molecule has 0 saturated heterocycles. The zero-order valence-corrected chi connectivity index (χ0v) is 17.5. The van der Waals surface area contributed by atoms with Crippen molar-refractivity contribution in [1.82, 2.24) is 5.43 Å². The standard InChI is InChI=1S/C17H17I2N3O2/c1-10(2)24-16-13(18)7-11(8-14(16)19)9-21-22-17(23)12-5-3-4-6-15(12)20/h3-10H,20H2,1-2H3,(H,22,23)/b21-9-. The lowest BCUT2D eigenvalue weighted by Gasteiger charge is -2.14. The van der Waals surface area contributed by atoms with Crippen molar-refractivity contribution in [1.29, 1.82) is 0 Å². The van der Waals surface area contributed by atoms with E-state index in [1.165, 1.54) is 0 Å². The molecule has 2 aromatic rings. The summed E-state index contributed by atoms with van der Waals surface area (Å²) < 4.78 is 7.79. The summed E-state index contributed by atoms with van der Waals surface area (Å²) in [7, 11) is 0. The van der Waals surface area contributed by atoms with E-state index in [1.54, 1.807) is 30.5 Å². The first-order valence-corrected chi connectivity index (χ1v) is 9.38. The fraction of sp³-hybridized carbons (Fsp3) is 0.176. The van der Waals surface area contributed by atoms with Crippen molar-refractivity contribution in [3.63, 3.8) is 0 Å². The Morgan fingerprint density at radius 1 is 1.25 bits per heavy atom. The van der Waals surface area contributed by atoms with Crippen molar-refractivity contribution in [2.24, 2.45) is 5.10 Å². The van der Waals surface area contributed by atoms with Gasteiger partial charge in [0.25, 0.3) is 5.91 Å². The number of halogens is 2. The van der Waals surface area contributed by atoms with E-state index in [9.17, 15) is 4.79 Å². The summed E-state index contributed by atoms with van der Waals surface area (Å²) >= 11 is 4.46. The number of nitrogens with zero attached hydrogens (tertiary/aromatic N) is 1. The number of carbonyl (C=O) groups is 1. The molecular weight excluding hydrogens is 532 g/mol. The first kappa shape index (κ1) is 19.0. The summed E-state index contributed by atoms with van der Waals surface area (Å²) in [4.78, 5) is 12.0. The van der Waals surface area contributed by atoms with Crippen LogP contribution in [0.2, 0.25) is 0 Å². The van der Waals surface area contributed by atoms with Crippen LogP contribution in [-0.4, -0.2) is 18.2 Å². The van der Waals surface area contributed by atoms with Crippen LogP contribution in [0.1, 0.15) is 29.8 Å². The van der Waals surface area contributed by atoms with Gasteiger partial charge in [-0.2, -0.15) is 5.10 Å². The molecule has 0 radical (unpaired) electrons. The van der Waals surface area contributed by atoms with E-state index in [0.29, 0.717) is 11.3 Å². The molecule has 0 aliphatic carbocycles. The summed E-state index contributed by atoms with van der Waals surface area (Å²) in [6, 6.07) is 10.8. The number of benzene rings is 2. The molecule has 0 fully saturated rings. The van der Waals surface area contributed by atoms with Gasteiger partial charge >= 0.3 is 0 Å². The number of para-hydroxylation sites is 1. The Bertz CT molecular complexity index is 753. The molecule has 2 rings (SSSR count). The molecule has 0 aliphatic rings. The zero-order chi connectivity index (χ0) is 17.7. The van der Waals surface area contributed by atoms with Crippen molar-refractivity contribution in [2.75, 3.05) is 5.73 Å². The van der Waals surface area contributed by atoms with Crippen LogP contribution < -0.4 is 15.9 Å². The highest BCUT2D eigenvalue weighted by atomic mass is 127. The Kier molecular flexibility index (Phi) is 6.84. The number of nitrogen functional groups attached to an aromatic ring is 1. The summed E-state index contributed by atoms with van der Waals surface area (Å²) in [5.41, 5.74) is 9.96. The van der Waals surface area contributed by atoms with E-state index in [0.717, 1.165) is 18.5 Å². The van der Waals surface area contributed by atoms with Gasteiger partial charge in [0.15, 0.2) is 0 Å². The van der Waals surface area contributed by atoms with E-state index in [4.69, 9.17) is 10.5 Å². The lowest BCUT2D eigenvalue weighted by atomic mass is 10.2. The maximum atomic E-state index is 12.0. The quantitative estimate of drug-likeness (QED) is 0.256. The van der Waals surface area contributed by atoms with E-state index >= 15 is 0 Å². The molecular formula is C17H17I2N3O2. The number of anilines is 1. The number of amides is 1. The van der Waals surface area contributed by atoms with Gasteiger partial charge in [-0.1, -0.05) is 12.1 Å². The summed E-state index contributed by atoms with van der Waals surface area (Å²) in [6.07, 6.45) is 1.71. The molecule has 126 valence electrons. The van der Waals surface area contributed by atoms with Crippen LogP contribution in [0.3, 0.4) is 0 Å². The molecule has 0 heterocycles. The largest absolute Gasteiger partial charge is 0.489 e. The number of carbonyl (C=O) groups excluding carboxylic acids is 1. The van der Waals surface area contributed by atoms with Crippen LogP contribution in [0.4, 0.5) is 5.69 Å². The summed E-state index contributed by atoms with van der Waals surface area (Å²) in [5, 5.41) is 4.00. The highest BCUT2D eigenvalue weighted by Crippen LogP contribution is 2.29. The first-order valence-electron chi connectivity index (χ1n) is 7.22. The van der Waals surface area contributed by atoms with Gasteiger partial charge in [0.1, 0.15) is 5.75 Å². The highest BCUT2D eigenvalue weighted by molar-refractivity contribution is 14.1. The van der Waals surface area contributed by atoms with Gasteiger partial charge in [0.2, 0.25) is 0 Å². The Morgan fingerprint density at radius 3 is 2.46 bits per heavy atom. The maximum Gasteiger partial charge on any atom is 0.273 e. The van der Waals surface area contributed by atoms with Gasteiger partial charge in [0.05, 0.1) is 25.0 Å². The van der Waals surface area contributed by atoms with Crippen LogP contribution >= 0.6 is 45.2 Å². The number of ether oxygens (including phenoxy) is 1. The van der Waals surface area contributed by atoms with E-state index in [-0.39, 0.29) is 12.0 Å². The molecule has 0 atom stereocenters. The zero-order valence-electron chi connectivity index (χ0n) is 13.2. The van der Waals surface area contributed by atoms with Gasteiger partial charge in [-0.3, -0.25) is 4.79 Å². The monoisotopic (exact) mass is 549 g/mol. The van der Waals surface area contributed by atoms with Gasteiger partial charge in [0, 0.05) is 5.69 Å². The highest BCUT2D eigenvalue weighted by Gasteiger charge is 2.10. The number of nitrogens with one attached hydrogen (secondary N) is 1. The number of rotatable bonds is 5. The molecule has 5 nitrogen and oxygen atoms in total. The Hall–Kier alpha value is -1.36. The smallest absolute Gasteiger partial charge is 0.273 e. The number of hydrogen-bond acceptors (Lipinski definition) is 4. The van der Waals surface area contributed by atoms with E-state index in [2.05, 4.69) is 55.7 Å². The Labute approximate surface area is 168 Å². The SMILES string of the molecule is CC(C)Oc1c(I)cc(/C=N\NC(=O)c2ccccc2N)cc1I. The molecule has 7 heteroatoms. The molecule has 1 amide bonds. The van der Waals surface area contributed by atoms with Gasteiger partial charge in [-0.25, -0.2) is 5.43 Å². The van der Waals surface area contributed by atoms with Crippen LogP contribution in [0.25, 0.3) is 0 Å². The molecule has 24 heavy (non-hydrogen) atoms. The lowest BCUT2D eigenvalue weighted by Crippen LogP contribution is -2.19. The van der Waals surface area contributed by atoms with Crippen LogP contribution in [0.15, 0.2) is 41.5 Å². The first-order chi connectivity index (χ1) is 11.4. The predicted octanol–water partition coefficient (Wildman–Crippen LogP) is 4.03. The lowest BCUT2D eigenvalue weighted by molar-refractivity contribution is 0.0956. The third-order valence-electron chi connectivity index (χ3n) is 2.96. The minimum Gasteiger partial charge on any atom is -0.489 e. The molecule has 3 N–H and O–H groups in total. The minimum atomic E-state index is -0.339. The number of hydrogen-bond donors (Lipinski definition) is 2. The van der Waals surface area contributed by atoms with Gasteiger partial charge < -0.3 is 10.5 Å². The van der Waals surface area contributed by atoms with E-state index in [1.807, 2.05) is 26.0 Å². The summed E-state index contributed by atoms with van der Waals surface area (Å²) in [6.45, 7) is 3.98. The molecule has 0 aromatic heterocycles. The van der Waals surface area contributed by atoms with Crippen molar-refractivity contribution < 1.29 is 9.53 Å². The third-order valence-corrected chi connectivity index (χ3v) is 4.56. The van der Waals surface area contributed by atoms with Crippen molar-refractivity contribution in [3.8, 4) is 5.75 Å². The normalized spacial score (nSPS) is 11.0. The van der Waals surface area contributed by atoms with Crippen molar-refractivity contribution >= 4 is 63.0 Å². The molecule has 0 spiro atoms. The van der Waals surface area contributed by atoms with Crippen molar-refractivity contribution in [2.45, 2.75) is 20.0 Å². The topological polar surface area (TPSA) is 76.7 Å². The molecule has 2 aromatic carbocycles. The van der Waals surface area contributed by atoms with Crippen LogP contribution in [0, 0.1) is 7.14 Å². The Morgan fingerprint density at radius 2 is 1.88 bits per heavy atom. The van der Waals surface area contributed by atoms with Crippen LogP contribution in [-0.2, 0) is 0 Å². The van der Waals surface area contributed by atoms with Gasteiger partial charge in [-0.15, -0.1) is 0 Å². The fourth-order valence-electron chi connectivity index (χ4n) is 1.93. The summed E-state index contributed by atoms with van der Waals surface area (Å²) in [5.74, 6) is 0.526. The Balaban J connectivity index is 2.10. The fourth-order valence-corrected chi connectivity index (χ4v) is 4.00. The molecule has 0 bridgehead atoms. The maximum absolute atomic E-state index is 12.0. The molecule has 0 aliphatic heterocycles. The van der Waals surface area contributed by atoms with E-state index < -0.39 is 0 Å². The second-order valence-corrected chi connectivity index (χ2v) is 7.59. The third kappa shape index (κ3) is 5.07. The average Bonchev–Trinajstić information content (AvgIpc) is 2.51. The second-order valence-electron chi connectivity index (χ2n) is 5.27. The molecule has 0 unspecified atom stereocenters.